The number of aromatic nitrogens is 1. The van der Waals surface area contributed by atoms with Gasteiger partial charge in [0.05, 0.1) is 9.85 Å². The number of carbonyl (C=O) groups excluding carboxylic acids is 1. The van der Waals surface area contributed by atoms with Gasteiger partial charge in [-0.3, -0.25) is 30.0 Å². The number of fused-ring (bicyclic) bond motifs is 4. The summed E-state index contributed by atoms with van der Waals surface area (Å²) in [4.78, 5) is 39.6. The molecule has 0 saturated heterocycles. The van der Waals surface area contributed by atoms with E-state index in [9.17, 15) is 25.0 Å². The van der Waals surface area contributed by atoms with Crippen molar-refractivity contribution in [3.05, 3.63) is 79.1 Å². The molecule has 1 aromatic rings. The van der Waals surface area contributed by atoms with Gasteiger partial charge < -0.3 is 0 Å². The molecule has 0 aromatic carbocycles. The van der Waals surface area contributed by atoms with Gasteiger partial charge in [-0.1, -0.05) is 0 Å². The molecule has 0 saturated carbocycles. The van der Waals surface area contributed by atoms with E-state index >= 15 is 0 Å². The number of hydrogen-bond acceptors (Lipinski definition) is 8. The van der Waals surface area contributed by atoms with E-state index in [2.05, 4.69) is 10.6 Å². The molecular weight excluding hydrogens is 346 g/mol. The number of ketones is 1. The normalized spacial score (nSPS) is 23.3. The van der Waals surface area contributed by atoms with E-state index < -0.39 is 32.6 Å². The SMILES string of the molecule is CC1=Cc2cccc[n+]2C2(C1=O)C([N+](=O)[O-])=CC([N+](=O)[O-])=C1NON=C12. The van der Waals surface area contributed by atoms with Gasteiger partial charge in [0.2, 0.25) is 17.2 Å². The van der Waals surface area contributed by atoms with E-state index in [0.29, 0.717) is 5.69 Å². The molecule has 26 heavy (non-hydrogen) atoms. The molecule has 0 radical (unpaired) electrons. The van der Waals surface area contributed by atoms with Crippen molar-refractivity contribution in [2.45, 2.75) is 12.5 Å². The minimum atomic E-state index is -2.00. The Kier molecular flexibility index (Phi) is 3.04. The van der Waals surface area contributed by atoms with Crippen LogP contribution in [0.15, 0.2) is 58.3 Å². The smallest absolute Gasteiger partial charge is 0.285 e. The van der Waals surface area contributed by atoms with Crippen molar-refractivity contribution in [2.75, 3.05) is 0 Å². The lowest BCUT2D eigenvalue weighted by Gasteiger charge is -2.28. The lowest BCUT2D eigenvalue weighted by molar-refractivity contribution is -0.739. The first-order valence-corrected chi connectivity index (χ1v) is 7.39. The molecule has 1 atom stereocenters. The highest BCUT2D eigenvalue weighted by Gasteiger charge is 2.70. The summed E-state index contributed by atoms with van der Waals surface area (Å²) in [6.45, 7) is 1.52. The third-order valence-corrected chi connectivity index (χ3v) is 4.46. The summed E-state index contributed by atoms with van der Waals surface area (Å²) in [6.07, 6.45) is 3.85. The first-order valence-electron chi connectivity index (χ1n) is 7.39. The van der Waals surface area contributed by atoms with E-state index in [1.165, 1.54) is 17.7 Å². The number of hydrogen-bond donors (Lipinski definition) is 1. The highest BCUT2D eigenvalue weighted by atomic mass is 16.8. The van der Waals surface area contributed by atoms with Crippen molar-refractivity contribution >= 4 is 17.6 Å². The van der Waals surface area contributed by atoms with E-state index in [-0.39, 0.29) is 17.0 Å². The van der Waals surface area contributed by atoms with E-state index in [4.69, 9.17) is 4.94 Å². The Morgan fingerprint density at radius 3 is 2.69 bits per heavy atom. The first-order chi connectivity index (χ1) is 12.4. The number of rotatable bonds is 2. The molecule has 1 aliphatic carbocycles. The van der Waals surface area contributed by atoms with Crippen molar-refractivity contribution in [1.29, 1.82) is 0 Å². The zero-order chi connectivity index (χ0) is 18.6. The van der Waals surface area contributed by atoms with Gasteiger partial charge in [-0.2, -0.15) is 10.0 Å². The maximum absolute atomic E-state index is 13.2. The second kappa shape index (κ2) is 5.05. The fourth-order valence-electron chi connectivity index (χ4n) is 3.41. The monoisotopic (exact) mass is 356 g/mol. The zero-order valence-corrected chi connectivity index (χ0v) is 13.2. The number of hydroxylamine groups is 1. The highest BCUT2D eigenvalue weighted by Crippen LogP contribution is 2.39. The van der Waals surface area contributed by atoms with Crippen LogP contribution in [0.25, 0.3) is 6.08 Å². The van der Waals surface area contributed by atoms with Gasteiger partial charge in [0.15, 0.2) is 11.9 Å². The second-order valence-electron chi connectivity index (χ2n) is 5.80. The minimum Gasteiger partial charge on any atom is -0.285 e. The van der Waals surface area contributed by atoms with Crippen LogP contribution in [-0.2, 0) is 15.3 Å². The number of nitro groups is 2. The third-order valence-electron chi connectivity index (χ3n) is 4.46. The number of Topliss-reactive ketones (excluding diaryl/α,β-unsaturated/α-hetero) is 1. The molecule has 3 aliphatic rings. The number of allylic oxidation sites excluding steroid dienone is 4. The standard InChI is InChI=1S/C15H10N5O6/c1-8-6-9-4-2-3-5-18(9)15(14(8)21)11(20(24)25)7-10(19(22)23)12-13(15)17-26-16-12/h2-7,16H,1H3/q+1. The van der Waals surface area contributed by atoms with Crippen molar-refractivity contribution in [3.63, 3.8) is 0 Å². The van der Waals surface area contributed by atoms with Gasteiger partial charge in [0.25, 0.3) is 0 Å². The molecule has 2 aliphatic heterocycles. The number of nitrogens with one attached hydrogen (secondary N) is 1. The maximum Gasteiger partial charge on any atom is 0.367 e. The Balaban J connectivity index is 2.15. The predicted molar refractivity (Wildman–Crippen MR) is 84.0 cm³/mol. The van der Waals surface area contributed by atoms with Crippen molar-refractivity contribution in [2.24, 2.45) is 5.16 Å². The molecule has 11 heteroatoms. The molecule has 1 N–H and O–H groups in total. The van der Waals surface area contributed by atoms with Gasteiger partial charge in [-0.25, -0.2) is 0 Å². The summed E-state index contributed by atoms with van der Waals surface area (Å²) in [7, 11) is 0. The van der Waals surface area contributed by atoms with Crippen LogP contribution in [0.1, 0.15) is 12.6 Å². The molecule has 0 bridgehead atoms. The Bertz CT molecular complexity index is 1040. The van der Waals surface area contributed by atoms with Gasteiger partial charge in [0.1, 0.15) is 6.08 Å². The topological polar surface area (TPSA) is 141 Å². The summed E-state index contributed by atoms with van der Waals surface area (Å²) in [6, 6.07) is 4.98. The van der Waals surface area contributed by atoms with Crippen LogP contribution in [0.5, 0.6) is 0 Å². The molecule has 130 valence electrons. The van der Waals surface area contributed by atoms with Gasteiger partial charge in [-0.05, 0) is 18.1 Å². The van der Waals surface area contributed by atoms with Crippen LogP contribution in [0.3, 0.4) is 0 Å². The lowest BCUT2D eigenvalue weighted by atomic mass is 9.74. The van der Waals surface area contributed by atoms with Gasteiger partial charge in [0, 0.05) is 23.8 Å². The Labute approximate surface area is 144 Å². The van der Waals surface area contributed by atoms with Crippen LogP contribution in [0.2, 0.25) is 0 Å². The second-order valence-corrected chi connectivity index (χ2v) is 5.80. The number of oxime groups is 1. The summed E-state index contributed by atoms with van der Waals surface area (Å²) in [5.74, 6) is -0.616. The fraction of sp³-hybridized carbons (Fsp3) is 0.133. The Morgan fingerprint density at radius 2 is 2.00 bits per heavy atom. The number of nitrogens with zero attached hydrogens (tertiary/aromatic N) is 4. The average Bonchev–Trinajstić information content (AvgIpc) is 3.09. The highest BCUT2D eigenvalue weighted by molar-refractivity contribution is 6.26. The predicted octanol–water partition coefficient (Wildman–Crippen LogP) is 0.209. The Hall–Kier alpha value is -3.89. The summed E-state index contributed by atoms with van der Waals surface area (Å²) in [5.41, 5.74) is -0.661. The molecular formula is C15H10N5O6+. The first kappa shape index (κ1) is 15.6. The van der Waals surface area contributed by atoms with Crippen LogP contribution < -0.4 is 10.0 Å². The van der Waals surface area contributed by atoms with Crippen molar-refractivity contribution < 1.29 is 24.1 Å². The lowest BCUT2D eigenvalue weighted by Crippen LogP contribution is -2.71. The molecule has 4 rings (SSSR count). The van der Waals surface area contributed by atoms with Crippen LogP contribution in [0.4, 0.5) is 0 Å². The van der Waals surface area contributed by atoms with Crippen LogP contribution >= 0.6 is 0 Å². The van der Waals surface area contributed by atoms with Crippen molar-refractivity contribution in [3.8, 4) is 0 Å². The molecule has 1 aromatic heterocycles. The third kappa shape index (κ3) is 1.73. The molecule has 1 unspecified atom stereocenters. The van der Waals surface area contributed by atoms with Crippen LogP contribution in [0, 0.1) is 20.2 Å². The molecule has 0 amide bonds. The number of pyridine rings is 1. The maximum atomic E-state index is 13.2. The fourth-order valence-corrected chi connectivity index (χ4v) is 3.41. The quantitative estimate of drug-likeness (QED) is 0.453. The van der Waals surface area contributed by atoms with Crippen molar-refractivity contribution in [1.82, 2.24) is 5.48 Å². The summed E-state index contributed by atoms with van der Waals surface area (Å²) >= 11 is 0. The summed E-state index contributed by atoms with van der Waals surface area (Å²) in [5, 5.41) is 26.9. The molecule has 3 heterocycles. The Morgan fingerprint density at radius 1 is 1.23 bits per heavy atom. The molecule has 1 spiro atoms. The van der Waals surface area contributed by atoms with Gasteiger partial charge in [-0.15, -0.1) is 0 Å². The summed E-state index contributed by atoms with van der Waals surface area (Å²) < 4.78 is 1.38. The molecule has 11 nitrogen and oxygen atoms in total. The largest absolute Gasteiger partial charge is 0.367 e. The van der Waals surface area contributed by atoms with Gasteiger partial charge >= 0.3 is 16.9 Å². The van der Waals surface area contributed by atoms with E-state index in [1.54, 1.807) is 24.3 Å². The minimum absolute atomic E-state index is 0.189. The number of carbonyl (C=O) groups is 1. The average molecular weight is 356 g/mol. The van der Waals surface area contributed by atoms with Crippen LogP contribution in [-0.4, -0.2) is 21.3 Å². The zero-order valence-electron chi connectivity index (χ0n) is 13.2. The van der Waals surface area contributed by atoms with E-state index in [1.807, 2.05) is 0 Å². The van der Waals surface area contributed by atoms with E-state index in [0.717, 1.165) is 6.08 Å². The molecule has 0 fully saturated rings.